The lowest BCUT2D eigenvalue weighted by Crippen LogP contribution is -2.28. The Labute approximate surface area is 109 Å². The van der Waals surface area contributed by atoms with Crippen molar-refractivity contribution in [2.45, 2.75) is 20.4 Å². The van der Waals surface area contributed by atoms with Gasteiger partial charge >= 0.3 is 5.97 Å². The molecule has 2 rings (SSSR count). The third kappa shape index (κ3) is 2.29. The van der Waals surface area contributed by atoms with Crippen molar-refractivity contribution >= 4 is 22.6 Å². The number of rotatable bonds is 4. The van der Waals surface area contributed by atoms with E-state index in [9.17, 15) is 14.9 Å². The number of fused-ring (bicyclic) bond motifs is 1. The molecule has 1 aromatic carbocycles. The van der Waals surface area contributed by atoms with Crippen molar-refractivity contribution in [1.29, 1.82) is 0 Å². The van der Waals surface area contributed by atoms with Crippen molar-refractivity contribution < 1.29 is 14.8 Å². The second kappa shape index (κ2) is 4.38. The summed E-state index contributed by atoms with van der Waals surface area (Å²) in [5.41, 5.74) is -0.232. The lowest BCUT2D eigenvalue weighted by atomic mass is 9.94. The number of carbonyl (C=O) groups is 1. The number of aliphatic carboxylic acids is 1. The second-order valence-electron chi connectivity index (χ2n) is 5.10. The van der Waals surface area contributed by atoms with E-state index in [1.807, 2.05) is 0 Å². The first kappa shape index (κ1) is 13.1. The van der Waals surface area contributed by atoms with E-state index in [4.69, 9.17) is 5.11 Å². The molecule has 0 unspecified atom stereocenters. The van der Waals surface area contributed by atoms with Crippen LogP contribution in [-0.4, -0.2) is 20.6 Å². The summed E-state index contributed by atoms with van der Waals surface area (Å²) in [5.74, 6) is -0.903. The van der Waals surface area contributed by atoms with Crippen LogP contribution in [0, 0.1) is 15.5 Å². The first-order chi connectivity index (χ1) is 8.83. The summed E-state index contributed by atoms with van der Waals surface area (Å²) in [6.45, 7) is 3.50. The number of nitro benzene ring substituents is 1. The number of hydrogen-bond acceptors (Lipinski definition) is 3. The molecule has 0 aliphatic heterocycles. The molecule has 1 N–H and O–H groups in total. The summed E-state index contributed by atoms with van der Waals surface area (Å²) < 4.78 is 1.73. The van der Waals surface area contributed by atoms with Gasteiger partial charge in [-0.15, -0.1) is 0 Å². The number of non-ortho nitro benzene ring substituents is 1. The summed E-state index contributed by atoms with van der Waals surface area (Å²) in [6, 6.07) is 6.44. The van der Waals surface area contributed by atoms with Crippen LogP contribution in [0.15, 0.2) is 30.5 Å². The number of aromatic nitrogens is 1. The zero-order chi connectivity index (χ0) is 14.2. The van der Waals surface area contributed by atoms with Crippen LogP contribution in [0.1, 0.15) is 13.8 Å². The number of carboxylic acid groups (broad SMARTS) is 1. The van der Waals surface area contributed by atoms with Crippen LogP contribution in [0.5, 0.6) is 0 Å². The van der Waals surface area contributed by atoms with Crippen LogP contribution in [0.2, 0.25) is 0 Å². The smallest absolute Gasteiger partial charge is 0.310 e. The molecule has 1 heterocycles. The van der Waals surface area contributed by atoms with Crippen molar-refractivity contribution in [1.82, 2.24) is 4.57 Å². The second-order valence-corrected chi connectivity index (χ2v) is 5.10. The Hall–Kier alpha value is -2.37. The molecule has 0 aliphatic rings. The topological polar surface area (TPSA) is 85.4 Å². The zero-order valence-corrected chi connectivity index (χ0v) is 10.7. The van der Waals surface area contributed by atoms with Crippen LogP contribution in [0.4, 0.5) is 5.69 Å². The molecule has 0 saturated heterocycles. The summed E-state index contributed by atoms with van der Waals surface area (Å²) in [7, 11) is 0. The summed E-state index contributed by atoms with van der Waals surface area (Å²) >= 11 is 0. The third-order valence-electron chi connectivity index (χ3n) is 3.13. The van der Waals surface area contributed by atoms with E-state index >= 15 is 0 Å². The Kier molecular flexibility index (Phi) is 3.01. The van der Waals surface area contributed by atoms with Crippen molar-refractivity contribution in [2.24, 2.45) is 5.41 Å². The molecule has 0 saturated carbocycles. The molecular formula is C13H14N2O4. The first-order valence-electron chi connectivity index (χ1n) is 5.78. The van der Waals surface area contributed by atoms with E-state index in [-0.39, 0.29) is 12.2 Å². The monoisotopic (exact) mass is 262 g/mol. The van der Waals surface area contributed by atoms with Crippen molar-refractivity contribution in [2.75, 3.05) is 0 Å². The van der Waals surface area contributed by atoms with Crippen molar-refractivity contribution in [3.8, 4) is 0 Å². The molecule has 0 radical (unpaired) electrons. The fraction of sp³-hybridized carbons (Fsp3) is 0.308. The molecule has 19 heavy (non-hydrogen) atoms. The molecule has 0 fully saturated rings. The Balaban J connectivity index is 2.50. The Morgan fingerprint density at radius 3 is 2.68 bits per heavy atom. The van der Waals surface area contributed by atoms with Gasteiger partial charge in [-0.05, 0) is 26.0 Å². The van der Waals surface area contributed by atoms with E-state index in [1.165, 1.54) is 6.07 Å². The normalized spacial score (nSPS) is 11.7. The van der Waals surface area contributed by atoms with E-state index < -0.39 is 16.3 Å². The highest BCUT2D eigenvalue weighted by atomic mass is 16.6. The largest absolute Gasteiger partial charge is 0.481 e. The molecule has 0 atom stereocenters. The Morgan fingerprint density at radius 1 is 1.42 bits per heavy atom. The molecule has 1 aromatic heterocycles. The van der Waals surface area contributed by atoms with Crippen LogP contribution in [0.25, 0.3) is 10.9 Å². The SMILES string of the molecule is CC(C)(Cn1ccc2c([N+](=O)[O-])cccc21)C(=O)O. The predicted octanol–water partition coefficient (Wildman–Crippen LogP) is 2.66. The summed E-state index contributed by atoms with van der Waals surface area (Å²) in [6.07, 6.45) is 1.68. The van der Waals surface area contributed by atoms with Gasteiger partial charge < -0.3 is 9.67 Å². The maximum absolute atomic E-state index is 11.1. The number of nitrogens with zero attached hydrogens (tertiary/aromatic N) is 2. The van der Waals surface area contributed by atoms with Crippen LogP contribution in [0.3, 0.4) is 0 Å². The molecule has 6 nitrogen and oxygen atoms in total. The lowest BCUT2D eigenvalue weighted by molar-refractivity contribution is -0.383. The molecule has 6 heteroatoms. The Bertz CT molecular complexity index is 658. The summed E-state index contributed by atoms with van der Waals surface area (Å²) in [5, 5.41) is 20.6. The molecule has 100 valence electrons. The lowest BCUT2D eigenvalue weighted by Gasteiger charge is -2.20. The van der Waals surface area contributed by atoms with Gasteiger partial charge in [0.05, 0.1) is 21.2 Å². The average Bonchev–Trinajstić information content (AvgIpc) is 2.71. The van der Waals surface area contributed by atoms with Crippen LogP contribution >= 0.6 is 0 Å². The molecule has 0 amide bonds. The highest BCUT2D eigenvalue weighted by Gasteiger charge is 2.28. The minimum atomic E-state index is -0.934. The quantitative estimate of drug-likeness (QED) is 0.678. The zero-order valence-electron chi connectivity index (χ0n) is 10.7. The average molecular weight is 262 g/mol. The first-order valence-corrected chi connectivity index (χ1v) is 5.78. The van der Waals surface area contributed by atoms with Gasteiger partial charge in [-0.25, -0.2) is 0 Å². The fourth-order valence-electron chi connectivity index (χ4n) is 2.00. The van der Waals surface area contributed by atoms with Gasteiger partial charge in [0.15, 0.2) is 0 Å². The molecule has 0 bridgehead atoms. The highest BCUT2D eigenvalue weighted by Crippen LogP contribution is 2.28. The van der Waals surface area contributed by atoms with Gasteiger partial charge in [0.2, 0.25) is 0 Å². The van der Waals surface area contributed by atoms with Gasteiger partial charge in [-0.2, -0.15) is 0 Å². The number of carboxylic acids is 1. The third-order valence-corrected chi connectivity index (χ3v) is 3.13. The van der Waals surface area contributed by atoms with E-state index in [0.717, 1.165) is 0 Å². The van der Waals surface area contributed by atoms with Gasteiger partial charge in [0.25, 0.3) is 5.69 Å². The Morgan fingerprint density at radius 2 is 2.11 bits per heavy atom. The standard InChI is InChI=1S/C13H14N2O4/c1-13(2,12(16)17)8-14-7-6-9-10(14)4-3-5-11(9)15(18)19/h3-7H,8H2,1-2H3,(H,16,17). The van der Waals surface area contributed by atoms with E-state index in [2.05, 4.69) is 0 Å². The number of nitro groups is 1. The van der Waals surface area contributed by atoms with Crippen LogP contribution in [-0.2, 0) is 11.3 Å². The van der Waals surface area contributed by atoms with Gasteiger partial charge in [0.1, 0.15) is 0 Å². The number of benzene rings is 1. The number of hydrogen-bond donors (Lipinski definition) is 1. The molecule has 0 aliphatic carbocycles. The van der Waals surface area contributed by atoms with Gasteiger partial charge in [-0.3, -0.25) is 14.9 Å². The molecular weight excluding hydrogens is 248 g/mol. The molecule has 2 aromatic rings. The minimum Gasteiger partial charge on any atom is -0.481 e. The van der Waals surface area contributed by atoms with Crippen molar-refractivity contribution in [3.63, 3.8) is 0 Å². The van der Waals surface area contributed by atoms with Gasteiger partial charge in [0, 0.05) is 18.8 Å². The van der Waals surface area contributed by atoms with E-state index in [1.54, 1.807) is 42.8 Å². The highest BCUT2D eigenvalue weighted by molar-refractivity contribution is 5.89. The van der Waals surface area contributed by atoms with E-state index in [0.29, 0.717) is 10.9 Å². The summed E-state index contributed by atoms with van der Waals surface area (Å²) in [4.78, 5) is 21.6. The minimum absolute atomic E-state index is 0.0318. The van der Waals surface area contributed by atoms with Crippen molar-refractivity contribution in [3.05, 3.63) is 40.6 Å². The predicted molar refractivity (Wildman–Crippen MR) is 70.0 cm³/mol. The van der Waals surface area contributed by atoms with Gasteiger partial charge in [-0.1, -0.05) is 6.07 Å². The maximum atomic E-state index is 11.1. The maximum Gasteiger partial charge on any atom is 0.310 e. The molecule has 0 spiro atoms. The fourth-order valence-corrected chi connectivity index (χ4v) is 2.00. The van der Waals surface area contributed by atoms with Crippen LogP contribution < -0.4 is 0 Å².